The lowest BCUT2D eigenvalue weighted by molar-refractivity contribution is -0.138. The third kappa shape index (κ3) is 4.63. The summed E-state index contributed by atoms with van der Waals surface area (Å²) >= 11 is 0. The van der Waals surface area contributed by atoms with E-state index in [1.807, 2.05) is 0 Å². The maximum Gasteiger partial charge on any atom is 0.325 e. The van der Waals surface area contributed by atoms with E-state index in [2.05, 4.69) is 17.6 Å². The Morgan fingerprint density at radius 1 is 1.35 bits per heavy atom. The molecule has 0 aromatic rings. The van der Waals surface area contributed by atoms with Gasteiger partial charge >= 0.3 is 12.0 Å². The average molecular weight is 242 g/mol. The molecule has 17 heavy (non-hydrogen) atoms. The van der Waals surface area contributed by atoms with Crippen LogP contribution < -0.4 is 10.6 Å². The minimum Gasteiger partial charge on any atom is -0.480 e. The molecule has 0 aromatic heterocycles. The van der Waals surface area contributed by atoms with Crippen molar-refractivity contribution in [3.8, 4) is 0 Å². The molecule has 1 saturated carbocycles. The molecule has 2 unspecified atom stereocenters. The molecule has 3 atom stereocenters. The highest BCUT2D eigenvalue weighted by Gasteiger charge is 2.22. The summed E-state index contributed by atoms with van der Waals surface area (Å²) in [7, 11) is 0. The van der Waals surface area contributed by atoms with E-state index in [1.165, 1.54) is 26.2 Å². The van der Waals surface area contributed by atoms with E-state index in [1.54, 1.807) is 0 Å². The van der Waals surface area contributed by atoms with Crippen molar-refractivity contribution in [1.82, 2.24) is 10.6 Å². The standard InChI is InChI=1S/C12H22N2O3/c1-8-5-3-4-6-10(8)7-13-12(17)14-9(2)11(15)16/h8-10H,3-7H2,1-2H3,(H,15,16)(H2,13,14,17)/t8?,9-,10?/m1/s1. The first-order chi connectivity index (χ1) is 8.00. The number of carbonyl (C=O) groups is 2. The van der Waals surface area contributed by atoms with Crippen LogP contribution in [0.25, 0.3) is 0 Å². The monoisotopic (exact) mass is 242 g/mol. The molecule has 1 aliphatic carbocycles. The molecule has 5 nitrogen and oxygen atoms in total. The van der Waals surface area contributed by atoms with Crippen LogP contribution in [-0.4, -0.2) is 29.7 Å². The number of nitrogens with one attached hydrogen (secondary N) is 2. The first-order valence-corrected chi connectivity index (χ1v) is 6.28. The van der Waals surface area contributed by atoms with Gasteiger partial charge in [0.05, 0.1) is 0 Å². The largest absolute Gasteiger partial charge is 0.480 e. The van der Waals surface area contributed by atoms with Crippen molar-refractivity contribution in [2.24, 2.45) is 11.8 Å². The van der Waals surface area contributed by atoms with E-state index in [4.69, 9.17) is 5.11 Å². The summed E-state index contributed by atoms with van der Waals surface area (Å²) in [6.45, 7) is 4.30. The van der Waals surface area contributed by atoms with E-state index in [0.29, 0.717) is 18.4 Å². The van der Waals surface area contributed by atoms with Gasteiger partial charge in [0.2, 0.25) is 0 Å². The second kappa shape index (κ2) is 6.47. The van der Waals surface area contributed by atoms with Gasteiger partial charge in [-0.25, -0.2) is 4.79 Å². The zero-order valence-corrected chi connectivity index (χ0v) is 10.5. The Kier molecular flexibility index (Phi) is 5.25. The number of amides is 2. The molecular formula is C12H22N2O3. The fourth-order valence-corrected chi connectivity index (χ4v) is 2.23. The molecule has 0 aliphatic heterocycles. The lowest BCUT2D eigenvalue weighted by Gasteiger charge is -2.28. The topological polar surface area (TPSA) is 78.4 Å². The van der Waals surface area contributed by atoms with Crippen LogP contribution in [0.2, 0.25) is 0 Å². The Bertz CT molecular complexity index is 281. The summed E-state index contributed by atoms with van der Waals surface area (Å²) in [6.07, 6.45) is 4.87. The summed E-state index contributed by atoms with van der Waals surface area (Å²) in [5.74, 6) is 0.141. The SMILES string of the molecule is CC1CCCCC1CNC(=O)N[C@H](C)C(=O)O. The van der Waals surface area contributed by atoms with Crippen LogP contribution in [0.15, 0.2) is 0 Å². The second-order valence-electron chi connectivity index (χ2n) is 4.94. The van der Waals surface area contributed by atoms with Crippen LogP contribution in [0, 0.1) is 11.8 Å². The summed E-state index contributed by atoms with van der Waals surface area (Å²) < 4.78 is 0. The zero-order valence-electron chi connectivity index (χ0n) is 10.5. The van der Waals surface area contributed by atoms with Gasteiger partial charge in [0.25, 0.3) is 0 Å². The van der Waals surface area contributed by atoms with Gasteiger partial charge in [-0.2, -0.15) is 0 Å². The molecule has 0 heterocycles. The fraction of sp³-hybridized carbons (Fsp3) is 0.833. The van der Waals surface area contributed by atoms with Crippen molar-refractivity contribution in [3.63, 3.8) is 0 Å². The van der Waals surface area contributed by atoms with Crippen molar-refractivity contribution in [2.45, 2.75) is 45.6 Å². The molecular weight excluding hydrogens is 220 g/mol. The predicted molar refractivity (Wildman–Crippen MR) is 64.8 cm³/mol. The summed E-state index contributed by atoms with van der Waals surface area (Å²) in [4.78, 5) is 22.0. The van der Waals surface area contributed by atoms with Gasteiger partial charge in [0.15, 0.2) is 0 Å². The number of rotatable bonds is 4. The lowest BCUT2D eigenvalue weighted by Crippen LogP contribution is -2.46. The maximum absolute atomic E-state index is 11.4. The number of hydrogen-bond acceptors (Lipinski definition) is 2. The highest BCUT2D eigenvalue weighted by atomic mass is 16.4. The Balaban J connectivity index is 2.25. The van der Waals surface area contributed by atoms with E-state index >= 15 is 0 Å². The third-order valence-electron chi connectivity index (χ3n) is 3.53. The molecule has 3 N–H and O–H groups in total. The zero-order chi connectivity index (χ0) is 12.8. The molecule has 0 aromatic carbocycles. The summed E-state index contributed by atoms with van der Waals surface area (Å²) in [5.41, 5.74) is 0. The van der Waals surface area contributed by atoms with Crippen LogP contribution in [0.1, 0.15) is 39.5 Å². The number of aliphatic carboxylic acids is 1. The minimum absolute atomic E-state index is 0.391. The van der Waals surface area contributed by atoms with Crippen LogP contribution in [0.4, 0.5) is 4.79 Å². The average Bonchev–Trinajstić information content (AvgIpc) is 2.27. The molecule has 5 heteroatoms. The number of urea groups is 1. The Morgan fingerprint density at radius 2 is 2.00 bits per heavy atom. The maximum atomic E-state index is 11.4. The van der Waals surface area contributed by atoms with Crippen molar-refractivity contribution >= 4 is 12.0 Å². The van der Waals surface area contributed by atoms with E-state index in [9.17, 15) is 9.59 Å². The van der Waals surface area contributed by atoms with Crippen molar-refractivity contribution in [2.75, 3.05) is 6.54 Å². The van der Waals surface area contributed by atoms with Gasteiger partial charge in [-0.1, -0.05) is 26.2 Å². The number of carboxylic acids is 1. The van der Waals surface area contributed by atoms with Crippen molar-refractivity contribution in [1.29, 1.82) is 0 Å². The van der Waals surface area contributed by atoms with Gasteiger partial charge in [-0.05, 0) is 25.2 Å². The van der Waals surface area contributed by atoms with Gasteiger partial charge in [0, 0.05) is 6.54 Å². The third-order valence-corrected chi connectivity index (χ3v) is 3.53. The Labute approximate surface area is 102 Å². The first-order valence-electron chi connectivity index (χ1n) is 6.28. The summed E-state index contributed by atoms with van der Waals surface area (Å²) in [6, 6.07) is -1.24. The van der Waals surface area contributed by atoms with Crippen LogP contribution in [-0.2, 0) is 4.79 Å². The van der Waals surface area contributed by atoms with Crippen molar-refractivity contribution < 1.29 is 14.7 Å². The Hall–Kier alpha value is -1.26. The second-order valence-corrected chi connectivity index (χ2v) is 4.94. The summed E-state index contributed by atoms with van der Waals surface area (Å²) in [5, 5.41) is 13.8. The molecule has 2 amide bonds. The van der Waals surface area contributed by atoms with Gasteiger partial charge in [0.1, 0.15) is 6.04 Å². The molecule has 0 saturated heterocycles. The number of carboxylic acid groups (broad SMARTS) is 1. The fourth-order valence-electron chi connectivity index (χ4n) is 2.23. The highest BCUT2D eigenvalue weighted by Crippen LogP contribution is 2.28. The van der Waals surface area contributed by atoms with Crippen molar-refractivity contribution in [3.05, 3.63) is 0 Å². The highest BCUT2D eigenvalue weighted by molar-refractivity contribution is 5.82. The molecule has 1 rings (SSSR count). The van der Waals surface area contributed by atoms with Gasteiger partial charge < -0.3 is 15.7 Å². The minimum atomic E-state index is -1.02. The van der Waals surface area contributed by atoms with E-state index in [-0.39, 0.29) is 0 Å². The predicted octanol–water partition coefficient (Wildman–Crippen LogP) is 1.58. The van der Waals surface area contributed by atoms with Gasteiger partial charge in [-0.3, -0.25) is 4.79 Å². The quantitative estimate of drug-likeness (QED) is 0.700. The number of carbonyl (C=O) groups excluding carboxylic acids is 1. The van der Waals surface area contributed by atoms with Crippen LogP contribution >= 0.6 is 0 Å². The lowest BCUT2D eigenvalue weighted by atomic mass is 9.80. The van der Waals surface area contributed by atoms with Gasteiger partial charge in [-0.15, -0.1) is 0 Å². The molecule has 0 spiro atoms. The normalized spacial score (nSPS) is 26.0. The first kappa shape index (κ1) is 13.8. The molecule has 0 radical (unpaired) electrons. The van der Waals surface area contributed by atoms with E-state index < -0.39 is 18.0 Å². The molecule has 98 valence electrons. The Morgan fingerprint density at radius 3 is 2.59 bits per heavy atom. The van der Waals surface area contributed by atoms with Crippen LogP contribution in [0.5, 0.6) is 0 Å². The molecule has 0 bridgehead atoms. The van der Waals surface area contributed by atoms with E-state index in [0.717, 1.165) is 6.42 Å². The van der Waals surface area contributed by atoms with Crippen LogP contribution in [0.3, 0.4) is 0 Å². The molecule has 1 fully saturated rings. The molecule has 1 aliphatic rings. The smallest absolute Gasteiger partial charge is 0.325 e. The number of hydrogen-bond donors (Lipinski definition) is 3.